The SMILES string of the molecule is c1ccc2c(c1)[I-]c1c-2cc2c3cc(-c4ccc5oc6ccccc6c5c4)ccc3n3c4nc5ccccc5nc4c1c23. The number of aromatic nitrogens is 3. The molecule has 5 heterocycles. The van der Waals surface area contributed by atoms with Gasteiger partial charge >= 0.3 is 238 Å². The van der Waals surface area contributed by atoms with Crippen LogP contribution in [0.25, 0.3) is 93.6 Å². The fourth-order valence-electron chi connectivity index (χ4n) is 7.15. The molecule has 5 heteroatoms. The summed E-state index contributed by atoms with van der Waals surface area (Å²) in [4.78, 5) is 10.5. The fraction of sp³-hybridized carbons (Fsp3) is 0. The van der Waals surface area contributed by atoms with Crippen molar-refractivity contribution < 1.29 is 25.6 Å². The monoisotopic (exact) mass is 660 g/mol. The van der Waals surface area contributed by atoms with Crippen molar-refractivity contribution in [3.8, 4) is 22.3 Å². The quantitative estimate of drug-likeness (QED) is 0.190. The second-order valence-corrected chi connectivity index (χ2v) is 14.1. The van der Waals surface area contributed by atoms with E-state index in [2.05, 4.69) is 95.4 Å². The van der Waals surface area contributed by atoms with Crippen LogP contribution in [0.5, 0.6) is 0 Å². The summed E-state index contributed by atoms with van der Waals surface area (Å²) < 4.78 is 11.4. The second kappa shape index (κ2) is 7.88. The average molecular weight is 660 g/mol. The maximum atomic E-state index is 6.12. The van der Waals surface area contributed by atoms with Gasteiger partial charge in [-0.05, 0) is 6.07 Å². The number of halogens is 1. The van der Waals surface area contributed by atoms with E-state index in [1.807, 2.05) is 24.3 Å². The zero-order valence-corrected chi connectivity index (χ0v) is 24.8. The predicted molar refractivity (Wildman–Crippen MR) is 170 cm³/mol. The van der Waals surface area contributed by atoms with Gasteiger partial charge in [0.1, 0.15) is 0 Å². The molecule has 0 fully saturated rings. The number of benzene rings is 6. The summed E-state index contributed by atoms with van der Waals surface area (Å²) in [6.07, 6.45) is 0. The summed E-state index contributed by atoms with van der Waals surface area (Å²) in [7, 11) is 0. The van der Waals surface area contributed by atoms with Crippen LogP contribution >= 0.6 is 0 Å². The molecule has 0 saturated heterocycles. The normalized spacial score (nSPS) is 13.2. The molecule has 43 heavy (non-hydrogen) atoms. The Hall–Kier alpha value is -5.01. The number of para-hydroxylation sites is 3. The van der Waals surface area contributed by atoms with Gasteiger partial charge in [0.2, 0.25) is 0 Å². The first-order chi connectivity index (χ1) is 21.3. The van der Waals surface area contributed by atoms with Gasteiger partial charge in [-0.15, -0.1) is 0 Å². The predicted octanol–water partition coefficient (Wildman–Crippen LogP) is 6.46. The first kappa shape index (κ1) is 22.6. The van der Waals surface area contributed by atoms with Gasteiger partial charge in [-0.25, -0.2) is 0 Å². The van der Waals surface area contributed by atoms with Crippen LogP contribution in [0.2, 0.25) is 0 Å². The molecule has 0 N–H and O–H groups in total. The van der Waals surface area contributed by atoms with Crippen LogP contribution in [0, 0.1) is 7.14 Å². The Kier molecular flexibility index (Phi) is 4.13. The van der Waals surface area contributed by atoms with E-state index in [4.69, 9.17) is 14.4 Å². The van der Waals surface area contributed by atoms with E-state index < -0.39 is 0 Å². The molecule has 4 nitrogen and oxygen atoms in total. The van der Waals surface area contributed by atoms with Crippen molar-refractivity contribution in [2.75, 3.05) is 0 Å². The maximum absolute atomic E-state index is 6.12. The Morgan fingerprint density at radius 1 is 0.581 bits per heavy atom. The van der Waals surface area contributed by atoms with E-state index in [1.54, 1.807) is 0 Å². The van der Waals surface area contributed by atoms with Gasteiger partial charge in [-0.3, -0.25) is 0 Å². The molecule has 0 amide bonds. The summed E-state index contributed by atoms with van der Waals surface area (Å²) in [5.41, 5.74) is 13.2. The van der Waals surface area contributed by atoms with E-state index in [-0.39, 0.29) is 21.2 Å². The average Bonchev–Trinajstić information content (AvgIpc) is 3.79. The van der Waals surface area contributed by atoms with E-state index in [1.165, 1.54) is 56.6 Å². The van der Waals surface area contributed by atoms with Crippen LogP contribution in [0.15, 0.2) is 120 Å². The molecule has 0 unspecified atom stereocenters. The summed E-state index contributed by atoms with van der Waals surface area (Å²) in [5, 5.41) is 6.10. The standard InChI is InChI=1S/C38H19IN3O/c1-3-9-28-22(7-1)26-19-27-24-17-20(21-14-16-33-25(18-21)23-8-2-6-12-32(23)43-33)13-15-31(24)42-37(27)34(35(26)39-28)36-38(42)41-30-11-5-4-10-29(30)40-36/h1-19H/q-1. The zero-order valence-electron chi connectivity index (χ0n) is 22.6. The second-order valence-electron chi connectivity index (χ2n) is 11.3. The first-order valence-corrected chi connectivity index (χ1v) is 16.5. The Bertz CT molecular complexity index is 2820. The third kappa shape index (κ3) is 2.85. The van der Waals surface area contributed by atoms with Crippen molar-refractivity contribution >= 4 is 71.3 Å². The van der Waals surface area contributed by atoms with Crippen LogP contribution in [-0.2, 0) is 0 Å². The Labute approximate surface area is 254 Å². The number of hydrogen-bond acceptors (Lipinski definition) is 3. The van der Waals surface area contributed by atoms with E-state index in [9.17, 15) is 0 Å². The van der Waals surface area contributed by atoms with Gasteiger partial charge < -0.3 is 0 Å². The van der Waals surface area contributed by atoms with Crippen LogP contribution in [0.1, 0.15) is 0 Å². The van der Waals surface area contributed by atoms with Crippen molar-refractivity contribution in [3.05, 3.63) is 122 Å². The Morgan fingerprint density at radius 3 is 2.26 bits per heavy atom. The molecule has 0 spiro atoms. The van der Waals surface area contributed by atoms with Crippen molar-refractivity contribution in [2.24, 2.45) is 0 Å². The third-order valence-electron chi connectivity index (χ3n) is 9.06. The molecule has 0 radical (unpaired) electrons. The van der Waals surface area contributed by atoms with Gasteiger partial charge in [0.05, 0.1) is 0 Å². The van der Waals surface area contributed by atoms with Crippen molar-refractivity contribution in [2.45, 2.75) is 0 Å². The Balaban J connectivity index is 1.26. The molecule has 0 bridgehead atoms. The number of fused-ring (bicyclic) bond motifs is 14. The fourth-order valence-corrected chi connectivity index (χ4v) is 10.4. The van der Waals surface area contributed by atoms with Crippen molar-refractivity contribution in [1.82, 2.24) is 14.4 Å². The number of hydrogen-bond donors (Lipinski definition) is 0. The molecule has 0 saturated carbocycles. The van der Waals surface area contributed by atoms with E-state index in [0.717, 1.165) is 44.1 Å². The molecule has 0 atom stereocenters. The van der Waals surface area contributed by atoms with E-state index in [0.29, 0.717) is 0 Å². The molecule has 1 aliphatic heterocycles. The molecule has 11 rings (SSSR count). The third-order valence-corrected chi connectivity index (χ3v) is 12.2. The Morgan fingerprint density at radius 2 is 1.33 bits per heavy atom. The molecule has 200 valence electrons. The summed E-state index contributed by atoms with van der Waals surface area (Å²) in [5.74, 6) is 0. The molecule has 1 aliphatic rings. The molecular formula is C38H19IN3O-. The van der Waals surface area contributed by atoms with Gasteiger partial charge in [0.25, 0.3) is 0 Å². The van der Waals surface area contributed by atoms with Gasteiger partial charge in [0.15, 0.2) is 0 Å². The van der Waals surface area contributed by atoms with Crippen LogP contribution < -0.4 is 21.2 Å². The molecule has 6 aromatic carbocycles. The number of nitrogens with zero attached hydrogens (tertiary/aromatic N) is 3. The number of furan rings is 1. The van der Waals surface area contributed by atoms with Crippen molar-refractivity contribution in [3.63, 3.8) is 0 Å². The van der Waals surface area contributed by atoms with Crippen LogP contribution in [0.4, 0.5) is 0 Å². The summed E-state index contributed by atoms with van der Waals surface area (Å²) in [6.45, 7) is 0. The minimum atomic E-state index is -0.328. The summed E-state index contributed by atoms with van der Waals surface area (Å²) in [6, 6.07) is 41.3. The molecule has 0 aliphatic carbocycles. The number of rotatable bonds is 1. The topological polar surface area (TPSA) is 43.3 Å². The molecule has 4 aromatic heterocycles. The van der Waals surface area contributed by atoms with Gasteiger partial charge in [-0.1, -0.05) is 12.1 Å². The molecule has 10 aromatic rings. The van der Waals surface area contributed by atoms with Crippen LogP contribution in [-0.4, -0.2) is 14.4 Å². The van der Waals surface area contributed by atoms with Gasteiger partial charge in [-0.2, -0.15) is 0 Å². The van der Waals surface area contributed by atoms with E-state index >= 15 is 0 Å². The van der Waals surface area contributed by atoms with Crippen molar-refractivity contribution in [1.29, 1.82) is 0 Å². The van der Waals surface area contributed by atoms with Crippen LogP contribution in [0.3, 0.4) is 0 Å². The molecular weight excluding hydrogens is 641 g/mol. The first-order valence-electron chi connectivity index (χ1n) is 14.4. The summed E-state index contributed by atoms with van der Waals surface area (Å²) >= 11 is -0.328. The zero-order chi connectivity index (χ0) is 27.8. The van der Waals surface area contributed by atoms with Gasteiger partial charge in [0, 0.05) is 0 Å². The minimum absolute atomic E-state index is 0.328.